The monoisotopic (exact) mass is 914 g/mol. The molecule has 382 valence electrons. The Morgan fingerprint density at radius 1 is 0.446 bits per heavy atom. The number of hydrogen-bond acceptors (Lipinski definition) is 5. The van der Waals surface area contributed by atoms with E-state index in [0.29, 0.717) is 19.3 Å². The SMILES string of the molecule is CCCCC/C=C/C=C/CCCCCCC(CC(=O)NC(CO)C(O)CCCCCCCCCCCCCCCC)OC(=O)CCCCCCCCCCC/C=C/CCCCCCCC. The van der Waals surface area contributed by atoms with Crippen molar-refractivity contribution in [3.8, 4) is 0 Å². The molecule has 6 nitrogen and oxygen atoms in total. The quantitative estimate of drug-likeness (QED) is 0.0244. The minimum Gasteiger partial charge on any atom is -0.462 e. The van der Waals surface area contributed by atoms with E-state index in [1.165, 1.54) is 180 Å². The number of rotatable bonds is 52. The Hall–Kier alpha value is -1.92. The lowest BCUT2D eigenvalue weighted by Gasteiger charge is -2.24. The summed E-state index contributed by atoms with van der Waals surface area (Å²) in [5.41, 5.74) is 0. The maximum Gasteiger partial charge on any atom is 0.306 e. The zero-order valence-electron chi connectivity index (χ0n) is 43.6. The lowest BCUT2D eigenvalue weighted by molar-refractivity contribution is -0.151. The molecule has 0 spiro atoms. The summed E-state index contributed by atoms with van der Waals surface area (Å²) in [6.07, 6.45) is 63.5. The third-order valence-corrected chi connectivity index (χ3v) is 13.2. The fraction of sp³-hybridized carbons (Fsp3) is 0.864. The van der Waals surface area contributed by atoms with Gasteiger partial charge in [0, 0.05) is 6.42 Å². The fourth-order valence-electron chi connectivity index (χ4n) is 8.83. The topological polar surface area (TPSA) is 95.9 Å². The minimum atomic E-state index is -0.792. The van der Waals surface area contributed by atoms with E-state index in [1.807, 2.05) is 0 Å². The Kier molecular flexibility index (Phi) is 51.5. The van der Waals surface area contributed by atoms with Gasteiger partial charge in [0.1, 0.15) is 6.10 Å². The number of aliphatic hydroxyl groups is 2. The van der Waals surface area contributed by atoms with Gasteiger partial charge in [-0.1, -0.05) is 250 Å². The van der Waals surface area contributed by atoms with E-state index in [1.54, 1.807) is 0 Å². The molecule has 0 aromatic heterocycles. The van der Waals surface area contributed by atoms with Crippen LogP contribution in [0.5, 0.6) is 0 Å². The van der Waals surface area contributed by atoms with Crippen molar-refractivity contribution in [1.29, 1.82) is 0 Å². The van der Waals surface area contributed by atoms with E-state index in [4.69, 9.17) is 4.74 Å². The molecule has 0 aliphatic rings. The van der Waals surface area contributed by atoms with Crippen LogP contribution in [0.3, 0.4) is 0 Å². The second kappa shape index (κ2) is 53.0. The van der Waals surface area contributed by atoms with Gasteiger partial charge in [0.25, 0.3) is 0 Å². The maximum absolute atomic E-state index is 13.2. The van der Waals surface area contributed by atoms with Crippen molar-refractivity contribution >= 4 is 11.9 Å². The van der Waals surface area contributed by atoms with Gasteiger partial charge in [0.15, 0.2) is 0 Å². The van der Waals surface area contributed by atoms with E-state index < -0.39 is 18.2 Å². The molecule has 0 saturated heterocycles. The molecule has 65 heavy (non-hydrogen) atoms. The van der Waals surface area contributed by atoms with Crippen LogP contribution in [-0.4, -0.2) is 46.9 Å². The molecule has 0 aromatic carbocycles. The number of amides is 1. The molecular weight excluding hydrogens is 803 g/mol. The van der Waals surface area contributed by atoms with Crippen LogP contribution in [0.15, 0.2) is 36.5 Å². The molecule has 3 unspecified atom stereocenters. The second-order valence-electron chi connectivity index (χ2n) is 19.7. The van der Waals surface area contributed by atoms with Gasteiger partial charge in [0.2, 0.25) is 5.91 Å². The molecular formula is C59H111NO5. The van der Waals surface area contributed by atoms with E-state index >= 15 is 0 Å². The Labute approximate surface area is 404 Å². The van der Waals surface area contributed by atoms with Crippen molar-refractivity contribution < 1.29 is 24.5 Å². The number of ether oxygens (including phenoxy) is 1. The highest BCUT2D eigenvalue weighted by atomic mass is 16.5. The molecule has 3 atom stereocenters. The third kappa shape index (κ3) is 48.3. The highest BCUT2D eigenvalue weighted by Gasteiger charge is 2.24. The first-order valence-electron chi connectivity index (χ1n) is 28.7. The van der Waals surface area contributed by atoms with Gasteiger partial charge in [-0.25, -0.2) is 0 Å². The number of carbonyl (C=O) groups is 2. The number of aliphatic hydroxyl groups excluding tert-OH is 2. The van der Waals surface area contributed by atoms with Gasteiger partial charge < -0.3 is 20.3 Å². The van der Waals surface area contributed by atoms with Crippen molar-refractivity contribution in [3.05, 3.63) is 36.5 Å². The van der Waals surface area contributed by atoms with Gasteiger partial charge in [-0.15, -0.1) is 0 Å². The molecule has 0 aromatic rings. The summed E-state index contributed by atoms with van der Waals surface area (Å²) in [5, 5.41) is 23.8. The third-order valence-electron chi connectivity index (χ3n) is 13.2. The van der Waals surface area contributed by atoms with Crippen LogP contribution >= 0.6 is 0 Å². The number of esters is 1. The predicted molar refractivity (Wildman–Crippen MR) is 282 cm³/mol. The molecule has 1 amide bonds. The van der Waals surface area contributed by atoms with E-state index in [2.05, 4.69) is 62.5 Å². The van der Waals surface area contributed by atoms with Gasteiger partial charge in [-0.3, -0.25) is 9.59 Å². The van der Waals surface area contributed by atoms with Gasteiger partial charge in [-0.2, -0.15) is 0 Å². The van der Waals surface area contributed by atoms with Crippen molar-refractivity contribution in [2.24, 2.45) is 0 Å². The molecule has 0 aliphatic carbocycles. The molecule has 0 aliphatic heterocycles. The van der Waals surface area contributed by atoms with Crippen molar-refractivity contribution in [2.45, 2.75) is 322 Å². The van der Waals surface area contributed by atoms with Crippen LogP contribution in [0, 0.1) is 0 Å². The predicted octanol–water partition coefficient (Wildman–Crippen LogP) is 17.6. The lowest BCUT2D eigenvalue weighted by atomic mass is 10.0. The van der Waals surface area contributed by atoms with Gasteiger partial charge in [0.05, 0.1) is 25.2 Å². The van der Waals surface area contributed by atoms with Crippen LogP contribution in [0.1, 0.15) is 303 Å². The average molecular weight is 915 g/mol. The first-order valence-corrected chi connectivity index (χ1v) is 28.7. The molecule has 0 radical (unpaired) electrons. The summed E-state index contributed by atoms with van der Waals surface area (Å²) in [5.74, 6) is -0.483. The Morgan fingerprint density at radius 3 is 1.22 bits per heavy atom. The molecule has 0 bridgehead atoms. The van der Waals surface area contributed by atoms with Crippen LogP contribution in [0.4, 0.5) is 0 Å². The standard InChI is InChI=1S/C59H111NO5/c1-4-7-10-13-16-19-22-25-27-28-29-30-31-34-37-40-43-46-49-52-59(64)65-55(50-47-44-41-38-35-32-24-21-18-15-12-9-6-3)53-58(63)60-56(54-61)57(62)51-48-45-42-39-36-33-26-23-20-17-14-11-8-5-2/h18,21,24-25,27,32,55-57,61-62H,4-17,19-20,22-23,26,28-31,33-54H2,1-3H3,(H,60,63)/b21-18+,27-25+,32-24+. The fourth-order valence-corrected chi connectivity index (χ4v) is 8.83. The summed E-state index contributed by atoms with van der Waals surface area (Å²) in [7, 11) is 0. The molecule has 3 N–H and O–H groups in total. The highest BCUT2D eigenvalue weighted by molar-refractivity contribution is 5.77. The van der Waals surface area contributed by atoms with Crippen LogP contribution in [0.25, 0.3) is 0 Å². The highest BCUT2D eigenvalue weighted by Crippen LogP contribution is 2.18. The first-order chi connectivity index (χ1) is 32.0. The Morgan fingerprint density at radius 2 is 0.785 bits per heavy atom. The van der Waals surface area contributed by atoms with Crippen LogP contribution < -0.4 is 5.32 Å². The molecule has 0 fully saturated rings. The number of unbranched alkanes of at least 4 members (excludes halogenated alkanes) is 35. The molecule has 0 saturated carbocycles. The summed E-state index contributed by atoms with van der Waals surface area (Å²) in [6, 6.07) is -0.707. The summed E-state index contributed by atoms with van der Waals surface area (Å²) >= 11 is 0. The van der Waals surface area contributed by atoms with Crippen LogP contribution in [0.2, 0.25) is 0 Å². The Bertz CT molecular complexity index is 1070. The molecule has 6 heteroatoms. The van der Waals surface area contributed by atoms with Crippen LogP contribution in [-0.2, 0) is 14.3 Å². The van der Waals surface area contributed by atoms with Crippen molar-refractivity contribution in [2.75, 3.05) is 6.61 Å². The summed E-state index contributed by atoms with van der Waals surface area (Å²) in [6.45, 7) is 6.47. The largest absolute Gasteiger partial charge is 0.462 e. The van der Waals surface area contributed by atoms with E-state index in [9.17, 15) is 19.8 Å². The number of allylic oxidation sites excluding steroid dienone is 6. The first kappa shape index (κ1) is 63.1. The Balaban J connectivity index is 4.51. The normalized spacial score (nSPS) is 13.4. The van der Waals surface area contributed by atoms with Crippen molar-refractivity contribution in [1.82, 2.24) is 5.32 Å². The zero-order valence-corrected chi connectivity index (χ0v) is 43.6. The smallest absolute Gasteiger partial charge is 0.306 e. The lowest BCUT2D eigenvalue weighted by Crippen LogP contribution is -2.46. The number of nitrogens with one attached hydrogen (secondary N) is 1. The zero-order chi connectivity index (χ0) is 47.4. The van der Waals surface area contributed by atoms with E-state index in [0.717, 1.165) is 77.0 Å². The second-order valence-corrected chi connectivity index (χ2v) is 19.7. The number of hydrogen-bond donors (Lipinski definition) is 3. The molecule has 0 rings (SSSR count). The maximum atomic E-state index is 13.2. The summed E-state index contributed by atoms with van der Waals surface area (Å²) < 4.78 is 5.95. The minimum absolute atomic E-state index is 0.0661. The van der Waals surface area contributed by atoms with Crippen molar-refractivity contribution in [3.63, 3.8) is 0 Å². The summed E-state index contributed by atoms with van der Waals surface area (Å²) in [4.78, 5) is 26.2. The van der Waals surface area contributed by atoms with E-state index in [-0.39, 0.29) is 24.9 Å². The number of carbonyl (C=O) groups excluding carboxylic acids is 2. The average Bonchev–Trinajstić information content (AvgIpc) is 3.30. The van der Waals surface area contributed by atoms with Gasteiger partial charge >= 0.3 is 5.97 Å². The molecule has 0 heterocycles. The van der Waals surface area contributed by atoms with Gasteiger partial charge in [-0.05, 0) is 77.0 Å².